The minimum atomic E-state index is -0.443. The van der Waals surface area contributed by atoms with Crippen LogP contribution in [0.15, 0.2) is 42.6 Å². The van der Waals surface area contributed by atoms with Crippen LogP contribution in [0.5, 0.6) is 5.75 Å². The molecule has 1 aromatic heterocycles. The zero-order chi connectivity index (χ0) is 13.2. The van der Waals surface area contributed by atoms with Crippen LogP contribution in [0, 0.1) is 0 Å². The van der Waals surface area contributed by atoms with Crippen molar-refractivity contribution in [2.24, 2.45) is 0 Å². The summed E-state index contributed by atoms with van der Waals surface area (Å²) in [4.78, 5) is 6.81. The number of anilines is 1. The fourth-order valence-corrected chi connectivity index (χ4v) is 3.51. The molecule has 0 amide bonds. The fraction of sp³-hybridized carbons (Fsp3) is 0.133. The van der Waals surface area contributed by atoms with E-state index in [2.05, 4.69) is 37.7 Å². The van der Waals surface area contributed by atoms with E-state index >= 15 is 0 Å². The van der Waals surface area contributed by atoms with Gasteiger partial charge < -0.3 is 0 Å². The Balaban J connectivity index is 2.22. The van der Waals surface area contributed by atoms with Gasteiger partial charge in [0.15, 0.2) is 0 Å². The Bertz CT molecular complexity index is 743. The summed E-state index contributed by atoms with van der Waals surface area (Å²) in [6, 6.07) is 12.5. The van der Waals surface area contributed by atoms with E-state index in [1.54, 1.807) is 7.11 Å². The molecule has 0 atom stereocenters. The number of nitrogens with one attached hydrogen (secondary N) is 1. The Hall–Kier alpha value is -1.49. The predicted molar refractivity (Wildman–Crippen MR) is 81.0 cm³/mol. The summed E-state index contributed by atoms with van der Waals surface area (Å²) >= 11 is -0.443. The van der Waals surface area contributed by atoms with Gasteiger partial charge in [-0.15, -0.1) is 0 Å². The van der Waals surface area contributed by atoms with E-state index in [1.807, 2.05) is 18.3 Å². The van der Waals surface area contributed by atoms with Gasteiger partial charge >= 0.3 is 122 Å². The van der Waals surface area contributed by atoms with Crippen molar-refractivity contribution in [3.8, 4) is 5.75 Å². The van der Waals surface area contributed by atoms with Crippen molar-refractivity contribution in [3.63, 3.8) is 0 Å². The van der Waals surface area contributed by atoms with Crippen molar-refractivity contribution >= 4 is 48.8 Å². The van der Waals surface area contributed by atoms with Crippen LogP contribution in [-0.2, 0) is 0 Å². The van der Waals surface area contributed by atoms with E-state index in [9.17, 15) is 0 Å². The number of pyridine rings is 1. The topological polar surface area (TPSA) is 34.1 Å². The predicted octanol–water partition coefficient (Wildman–Crippen LogP) is 3.48. The number of hydrogen-bond donors (Lipinski definition) is 1. The van der Waals surface area contributed by atoms with E-state index in [0.29, 0.717) is 0 Å². The van der Waals surface area contributed by atoms with Crippen LogP contribution >= 0.6 is 0 Å². The van der Waals surface area contributed by atoms with Crippen molar-refractivity contribution in [3.05, 3.63) is 42.6 Å². The van der Waals surface area contributed by atoms with Crippen molar-refractivity contribution in [2.45, 2.75) is 4.94 Å². The number of aromatic nitrogens is 1. The van der Waals surface area contributed by atoms with Crippen LogP contribution in [0.4, 0.5) is 5.69 Å². The van der Waals surface area contributed by atoms with Crippen LogP contribution in [0.25, 0.3) is 21.7 Å². The molecule has 2 aromatic carbocycles. The average Bonchev–Trinajstić information content (AvgIpc) is 2.46. The maximum atomic E-state index is 5.25. The molecule has 3 aromatic rings. The number of nitrogens with zero attached hydrogens (tertiary/aromatic N) is 1. The van der Waals surface area contributed by atoms with Crippen molar-refractivity contribution in [2.75, 3.05) is 10.6 Å². The minimum absolute atomic E-state index is 0.443. The van der Waals surface area contributed by atoms with Crippen molar-refractivity contribution in [1.82, 2.24) is 4.98 Å². The second-order valence-corrected chi connectivity index (χ2v) is 6.46. The Kier molecular flexibility index (Phi) is 3.46. The molecule has 0 aliphatic rings. The third-order valence-electron chi connectivity index (χ3n) is 3.16. The van der Waals surface area contributed by atoms with Gasteiger partial charge in [0.05, 0.1) is 0 Å². The van der Waals surface area contributed by atoms with E-state index in [0.717, 1.165) is 16.7 Å². The zero-order valence-corrected chi connectivity index (χ0v) is 13.8. The standard InChI is InChI=1S/C14H11N2O.CH3.Sn/c1-17-11-3-5-12-9(6-11)8-16-14-7-10(15)2-4-13(12)14;;/h2-8,15H,1H3;1H3;/q-1;;+1. The SMILES string of the molecule is COc1ccc2c(cnc3cc([NH][Sn][CH3])ccc32)c1. The Morgan fingerprint density at radius 2 is 1.95 bits per heavy atom. The Morgan fingerprint density at radius 3 is 2.74 bits per heavy atom. The van der Waals surface area contributed by atoms with Gasteiger partial charge in [0.25, 0.3) is 0 Å². The Morgan fingerprint density at radius 1 is 1.11 bits per heavy atom. The first-order chi connectivity index (χ1) is 9.31. The van der Waals surface area contributed by atoms with E-state index in [4.69, 9.17) is 4.74 Å². The first-order valence-corrected chi connectivity index (χ1v) is 10.4. The normalized spacial score (nSPS) is 10.8. The summed E-state index contributed by atoms with van der Waals surface area (Å²) in [5, 5.41) is 3.51. The van der Waals surface area contributed by atoms with Gasteiger partial charge in [-0.3, -0.25) is 0 Å². The van der Waals surface area contributed by atoms with E-state index in [1.165, 1.54) is 16.5 Å². The van der Waals surface area contributed by atoms with Crippen LogP contribution in [-0.4, -0.2) is 33.5 Å². The van der Waals surface area contributed by atoms with Gasteiger partial charge in [-0.25, -0.2) is 0 Å². The molecule has 0 bridgehead atoms. The van der Waals surface area contributed by atoms with Crippen LogP contribution < -0.4 is 8.28 Å². The number of methoxy groups -OCH3 is 1. The molecular formula is C15H14N2OSn. The number of rotatable bonds is 3. The third kappa shape index (κ3) is 2.34. The second kappa shape index (κ2) is 5.25. The molecule has 0 saturated heterocycles. The average molecular weight is 357 g/mol. The van der Waals surface area contributed by atoms with Gasteiger partial charge in [0.2, 0.25) is 0 Å². The molecule has 0 fully saturated rings. The number of hydrogen-bond acceptors (Lipinski definition) is 3. The molecule has 0 saturated carbocycles. The van der Waals surface area contributed by atoms with E-state index < -0.39 is 21.4 Å². The third-order valence-corrected chi connectivity index (χ3v) is 4.70. The maximum absolute atomic E-state index is 5.25. The molecule has 3 rings (SSSR count). The van der Waals surface area contributed by atoms with Crippen LogP contribution in [0.2, 0.25) is 4.94 Å². The number of fused-ring (bicyclic) bond motifs is 3. The summed E-state index contributed by atoms with van der Waals surface area (Å²) in [7, 11) is 1.68. The quantitative estimate of drug-likeness (QED) is 0.576. The van der Waals surface area contributed by atoms with Gasteiger partial charge in [0.1, 0.15) is 0 Å². The molecule has 4 heteroatoms. The van der Waals surface area contributed by atoms with Crippen LogP contribution in [0.3, 0.4) is 0 Å². The second-order valence-electron chi connectivity index (χ2n) is 4.32. The number of ether oxygens (including phenoxy) is 1. The van der Waals surface area contributed by atoms with Gasteiger partial charge in [-0.2, -0.15) is 0 Å². The first-order valence-electron chi connectivity index (χ1n) is 6.11. The van der Waals surface area contributed by atoms with Crippen molar-refractivity contribution in [1.29, 1.82) is 0 Å². The molecule has 2 radical (unpaired) electrons. The molecule has 0 aliphatic heterocycles. The molecule has 1 N–H and O–H groups in total. The summed E-state index contributed by atoms with van der Waals surface area (Å²) in [5.74, 6) is 0.866. The van der Waals surface area contributed by atoms with Gasteiger partial charge in [0, 0.05) is 0 Å². The number of benzene rings is 2. The fourth-order valence-electron chi connectivity index (χ4n) is 2.25. The van der Waals surface area contributed by atoms with Gasteiger partial charge in [-0.1, -0.05) is 0 Å². The molecule has 19 heavy (non-hydrogen) atoms. The van der Waals surface area contributed by atoms with E-state index in [-0.39, 0.29) is 0 Å². The molecular weight excluding hydrogens is 343 g/mol. The molecule has 1 heterocycles. The molecule has 0 unspecified atom stereocenters. The van der Waals surface area contributed by atoms with Gasteiger partial charge in [-0.05, 0) is 0 Å². The van der Waals surface area contributed by atoms with Crippen LogP contribution in [0.1, 0.15) is 0 Å². The van der Waals surface area contributed by atoms with Crippen molar-refractivity contribution < 1.29 is 4.74 Å². The molecule has 0 aliphatic carbocycles. The summed E-state index contributed by atoms with van der Waals surface area (Å²) < 4.78 is 8.73. The summed E-state index contributed by atoms with van der Waals surface area (Å²) in [6.07, 6.45) is 1.91. The Labute approximate surface area is 122 Å². The first kappa shape index (κ1) is 12.5. The molecule has 94 valence electrons. The monoisotopic (exact) mass is 358 g/mol. The zero-order valence-electron chi connectivity index (χ0n) is 10.9. The molecule has 3 nitrogen and oxygen atoms in total. The molecule has 0 spiro atoms. The summed E-state index contributed by atoms with van der Waals surface area (Å²) in [6.45, 7) is 0. The summed E-state index contributed by atoms with van der Waals surface area (Å²) in [5.41, 5.74) is 2.22.